The van der Waals surface area contributed by atoms with E-state index in [0.717, 1.165) is 11.1 Å². The fourth-order valence-corrected chi connectivity index (χ4v) is 2.30. The third-order valence-electron chi connectivity index (χ3n) is 3.44. The third kappa shape index (κ3) is 4.66. The molecule has 0 aliphatic carbocycles. The highest BCUT2D eigenvalue weighted by molar-refractivity contribution is 5.83. The smallest absolute Gasteiger partial charge is 0.336 e. The highest BCUT2D eigenvalue weighted by Crippen LogP contribution is 2.26. The van der Waals surface area contributed by atoms with Crippen LogP contribution in [0.2, 0.25) is 0 Å². The van der Waals surface area contributed by atoms with Crippen LogP contribution < -0.4 is 4.74 Å². The van der Waals surface area contributed by atoms with Gasteiger partial charge in [-0.15, -0.1) is 5.10 Å². The quantitative estimate of drug-likeness (QED) is 0.817. The molecule has 0 bridgehead atoms. The zero-order valence-corrected chi connectivity index (χ0v) is 15.5. The SMILES string of the molecule is Cc1ccccc1-c1nc(OCC(C)C)nn1C(=O)CC(C)(C)C. The van der Waals surface area contributed by atoms with Gasteiger partial charge in [-0.25, -0.2) is 0 Å². The van der Waals surface area contributed by atoms with Gasteiger partial charge in [-0.2, -0.15) is 9.67 Å². The minimum absolute atomic E-state index is 0.0762. The predicted octanol–water partition coefficient (Wildman–Crippen LogP) is 4.36. The molecule has 0 amide bonds. The van der Waals surface area contributed by atoms with Crippen molar-refractivity contribution in [1.29, 1.82) is 0 Å². The Morgan fingerprint density at radius 3 is 2.50 bits per heavy atom. The van der Waals surface area contributed by atoms with Crippen LogP contribution in [0.3, 0.4) is 0 Å². The molecule has 0 unspecified atom stereocenters. The molecule has 1 aromatic carbocycles. The van der Waals surface area contributed by atoms with Crippen LogP contribution in [-0.2, 0) is 0 Å². The van der Waals surface area contributed by atoms with Crippen molar-refractivity contribution in [2.45, 2.75) is 48.0 Å². The van der Waals surface area contributed by atoms with Gasteiger partial charge in [-0.1, -0.05) is 58.9 Å². The van der Waals surface area contributed by atoms with E-state index in [4.69, 9.17) is 4.74 Å². The summed E-state index contributed by atoms with van der Waals surface area (Å²) in [4.78, 5) is 17.2. The summed E-state index contributed by atoms with van der Waals surface area (Å²) in [5, 5.41) is 4.32. The summed E-state index contributed by atoms with van der Waals surface area (Å²) >= 11 is 0. The van der Waals surface area contributed by atoms with Crippen molar-refractivity contribution in [2.75, 3.05) is 6.61 Å². The van der Waals surface area contributed by atoms with Crippen molar-refractivity contribution in [2.24, 2.45) is 11.3 Å². The van der Waals surface area contributed by atoms with Crippen LogP contribution in [0.4, 0.5) is 0 Å². The first kappa shape index (κ1) is 18.2. The first-order valence-electron chi connectivity index (χ1n) is 8.36. The Kier molecular flexibility index (Phi) is 5.42. The molecule has 0 saturated heterocycles. The van der Waals surface area contributed by atoms with Gasteiger partial charge in [0.05, 0.1) is 6.61 Å². The molecule has 0 atom stereocenters. The minimum Gasteiger partial charge on any atom is -0.462 e. The largest absolute Gasteiger partial charge is 0.462 e. The van der Waals surface area contributed by atoms with E-state index in [-0.39, 0.29) is 17.3 Å². The standard InChI is InChI=1S/C19H27N3O2/c1-13(2)12-24-18-20-17(15-10-8-7-9-14(15)3)22(21-18)16(23)11-19(4,5)6/h7-10,13H,11-12H2,1-6H3. The Hall–Kier alpha value is -2.17. The van der Waals surface area contributed by atoms with Crippen molar-refractivity contribution in [3.63, 3.8) is 0 Å². The molecule has 0 radical (unpaired) electrons. The summed E-state index contributed by atoms with van der Waals surface area (Å²) in [5.41, 5.74) is 1.82. The van der Waals surface area contributed by atoms with Gasteiger partial charge < -0.3 is 4.74 Å². The summed E-state index contributed by atoms with van der Waals surface area (Å²) in [5.74, 6) is 0.831. The molecule has 5 heteroatoms. The number of hydrogen-bond donors (Lipinski definition) is 0. The van der Waals surface area contributed by atoms with E-state index in [2.05, 4.69) is 23.9 Å². The van der Waals surface area contributed by atoms with Crippen molar-refractivity contribution in [3.8, 4) is 17.4 Å². The number of ether oxygens (including phenoxy) is 1. The van der Waals surface area contributed by atoms with E-state index in [1.807, 2.05) is 52.0 Å². The average molecular weight is 329 g/mol. The second-order valence-electron chi connectivity index (χ2n) is 7.78. The molecule has 24 heavy (non-hydrogen) atoms. The zero-order valence-electron chi connectivity index (χ0n) is 15.5. The summed E-state index contributed by atoms with van der Waals surface area (Å²) < 4.78 is 7.03. The van der Waals surface area contributed by atoms with Crippen LogP contribution in [0, 0.1) is 18.3 Å². The maximum absolute atomic E-state index is 12.7. The van der Waals surface area contributed by atoms with Crippen molar-refractivity contribution >= 4 is 5.91 Å². The molecule has 5 nitrogen and oxygen atoms in total. The molecule has 1 aromatic heterocycles. The van der Waals surface area contributed by atoms with E-state index in [1.165, 1.54) is 4.68 Å². The molecule has 0 aliphatic heterocycles. The predicted molar refractivity (Wildman–Crippen MR) is 95.2 cm³/mol. The van der Waals surface area contributed by atoms with Crippen LogP contribution in [0.1, 0.15) is 51.4 Å². The summed E-state index contributed by atoms with van der Waals surface area (Å²) in [6, 6.07) is 8.10. The second-order valence-corrected chi connectivity index (χ2v) is 7.78. The van der Waals surface area contributed by atoms with Gasteiger partial charge >= 0.3 is 6.01 Å². The molecule has 0 aliphatic rings. The fraction of sp³-hybridized carbons (Fsp3) is 0.526. The Bertz CT molecular complexity index is 712. The molecule has 0 N–H and O–H groups in total. The number of rotatable bonds is 5. The Morgan fingerprint density at radius 1 is 1.25 bits per heavy atom. The second kappa shape index (κ2) is 7.16. The lowest BCUT2D eigenvalue weighted by Gasteiger charge is -2.17. The molecule has 130 valence electrons. The lowest BCUT2D eigenvalue weighted by atomic mass is 9.92. The normalized spacial score (nSPS) is 11.8. The lowest BCUT2D eigenvalue weighted by molar-refractivity contribution is 0.0839. The van der Waals surface area contributed by atoms with Gasteiger partial charge in [0.15, 0.2) is 5.82 Å². The number of carbonyl (C=O) groups is 1. The number of benzene rings is 1. The van der Waals surface area contributed by atoms with Crippen LogP contribution >= 0.6 is 0 Å². The van der Waals surface area contributed by atoms with Crippen molar-refractivity contribution in [1.82, 2.24) is 14.8 Å². The number of hydrogen-bond acceptors (Lipinski definition) is 4. The van der Waals surface area contributed by atoms with Gasteiger partial charge in [0.25, 0.3) is 0 Å². The van der Waals surface area contributed by atoms with E-state index in [9.17, 15) is 4.79 Å². The molecular weight excluding hydrogens is 302 g/mol. The molecule has 1 heterocycles. The Morgan fingerprint density at radius 2 is 1.92 bits per heavy atom. The molecule has 0 saturated carbocycles. The van der Waals surface area contributed by atoms with Gasteiger partial charge in [-0.05, 0) is 23.8 Å². The minimum atomic E-state index is -0.120. The van der Waals surface area contributed by atoms with E-state index in [0.29, 0.717) is 24.8 Å². The van der Waals surface area contributed by atoms with Gasteiger partial charge in [0.2, 0.25) is 5.91 Å². The Labute approximate surface area is 144 Å². The van der Waals surface area contributed by atoms with Gasteiger partial charge in [0, 0.05) is 12.0 Å². The highest BCUT2D eigenvalue weighted by atomic mass is 16.5. The van der Waals surface area contributed by atoms with Crippen molar-refractivity contribution < 1.29 is 9.53 Å². The third-order valence-corrected chi connectivity index (χ3v) is 3.44. The van der Waals surface area contributed by atoms with Crippen LogP contribution in [0.25, 0.3) is 11.4 Å². The van der Waals surface area contributed by atoms with Crippen LogP contribution in [-0.4, -0.2) is 27.3 Å². The molecular formula is C19H27N3O2. The average Bonchev–Trinajstić information content (AvgIpc) is 2.88. The first-order valence-corrected chi connectivity index (χ1v) is 8.36. The van der Waals surface area contributed by atoms with E-state index < -0.39 is 0 Å². The van der Waals surface area contributed by atoms with E-state index in [1.54, 1.807) is 0 Å². The van der Waals surface area contributed by atoms with Crippen LogP contribution in [0.15, 0.2) is 24.3 Å². The number of aromatic nitrogens is 3. The maximum atomic E-state index is 12.7. The number of carbonyl (C=O) groups excluding carboxylic acids is 1. The lowest BCUT2D eigenvalue weighted by Crippen LogP contribution is -2.21. The molecule has 0 spiro atoms. The van der Waals surface area contributed by atoms with Crippen molar-refractivity contribution in [3.05, 3.63) is 29.8 Å². The van der Waals surface area contributed by atoms with Gasteiger partial charge in [0.1, 0.15) is 0 Å². The molecule has 2 rings (SSSR count). The van der Waals surface area contributed by atoms with E-state index >= 15 is 0 Å². The maximum Gasteiger partial charge on any atom is 0.336 e. The first-order chi connectivity index (χ1) is 11.2. The fourth-order valence-electron chi connectivity index (χ4n) is 2.30. The Balaban J connectivity index is 2.43. The monoisotopic (exact) mass is 329 g/mol. The highest BCUT2D eigenvalue weighted by Gasteiger charge is 2.24. The molecule has 2 aromatic rings. The summed E-state index contributed by atoms with van der Waals surface area (Å²) in [6.45, 7) is 12.7. The van der Waals surface area contributed by atoms with Crippen LogP contribution in [0.5, 0.6) is 6.01 Å². The summed E-state index contributed by atoms with van der Waals surface area (Å²) in [7, 11) is 0. The summed E-state index contributed by atoms with van der Waals surface area (Å²) in [6.07, 6.45) is 0.388. The number of nitrogens with zero attached hydrogens (tertiary/aromatic N) is 3. The topological polar surface area (TPSA) is 57.0 Å². The zero-order chi connectivity index (χ0) is 17.9. The number of aryl methyl sites for hydroxylation is 1. The van der Waals surface area contributed by atoms with Gasteiger partial charge in [-0.3, -0.25) is 4.79 Å². The molecule has 0 fully saturated rings.